The zero-order valence-corrected chi connectivity index (χ0v) is 17.3. The smallest absolute Gasteiger partial charge is 0.236 e. The zero-order chi connectivity index (χ0) is 19.0. The average Bonchev–Trinajstić information content (AvgIpc) is 3.23. The van der Waals surface area contributed by atoms with Gasteiger partial charge in [0, 0.05) is 42.8 Å². The van der Waals surface area contributed by atoms with Gasteiger partial charge in [-0.1, -0.05) is 17.7 Å². The lowest BCUT2D eigenvalue weighted by Crippen LogP contribution is -2.51. The molecule has 0 amide bonds. The van der Waals surface area contributed by atoms with Gasteiger partial charge in [0.05, 0.1) is 10.6 Å². The Bertz CT molecular complexity index is 912. The van der Waals surface area contributed by atoms with Crippen LogP contribution in [-0.4, -0.2) is 35.6 Å². The molecule has 4 rings (SSSR count). The van der Waals surface area contributed by atoms with E-state index in [1.54, 1.807) is 11.3 Å². The van der Waals surface area contributed by atoms with E-state index in [1.165, 1.54) is 16.1 Å². The molecule has 2 aromatic heterocycles. The maximum absolute atomic E-state index is 5.95. The van der Waals surface area contributed by atoms with Crippen LogP contribution in [0.4, 0.5) is 5.69 Å². The van der Waals surface area contributed by atoms with Crippen molar-refractivity contribution in [2.75, 3.05) is 24.5 Å². The van der Waals surface area contributed by atoms with Gasteiger partial charge in [0.25, 0.3) is 0 Å². The van der Waals surface area contributed by atoms with Gasteiger partial charge in [-0.15, -0.1) is 11.3 Å². The summed E-state index contributed by atoms with van der Waals surface area (Å²) in [5, 5.41) is 0. The standard InChI is InChI=1S/C22H27N3OS/c1-15-5-8-19(9-6-15)25-12-11-24(16(2)13-25)14-20-18(4)26-22(23-20)21-10-7-17(3)27-21/h5-10,16H,11-14H2,1-4H3. The summed E-state index contributed by atoms with van der Waals surface area (Å²) in [5.41, 5.74) is 3.69. The molecule has 1 fully saturated rings. The number of aromatic nitrogens is 1. The summed E-state index contributed by atoms with van der Waals surface area (Å²) in [6.07, 6.45) is 0. The molecule has 0 spiro atoms. The number of oxazole rings is 1. The average molecular weight is 382 g/mol. The van der Waals surface area contributed by atoms with Gasteiger partial charge < -0.3 is 9.32 Å². The summed E-state index contributed by atoms with van der Waals surface area (Å²) >= 11 is 1.73. The predicted molar refractivity (Wildman–Crippen MR) is 113 cm³/mol. The van der Waals surface area contributed by atoms with Crippen molar-refractivity contribution in [1.82, 2.24) is 9.88 Å². The molecular weight excluding hydrogens is 354 g/mol. The summed E-state index contributed by atoms with van der Waals surface area (Å²) in [7, 11) is 0. The molecule has 1 atom stereocenters. The van der Waals surface area contributed by atoms with E-state index in [2.05, 4.69) is 67.0 Å². The summed E-state index contributed by atoms with van der Waals surface area (Å²) < 4.78 is 5.95. The van der Waals surface area contributed by atoms with E-state index in [0.717, 1.165) is 48.4 Å². The van der Waals surface area contributed by atoms with Crippen LogP contribution in [0.3, 0.4) is 0 Å². The van der Waals surface area contributed by atoms with Crippen molar-refractivity contribution in [3.05, 3.63) is 58.3 Å². The van der Waals surface area contributed by atoms with E-state index >= 15 is 0 Å². The van der Waals surface area contributed by atoms with Crippen molar-refractivity contribution in [1.29, 1.82) is 0 Å². The van der Waals surface area contributed by atoms with Crippen LogP contribution in [0.5, 0.6) is 0 Å². The Morgan fingerprint density at radius 1 is 1.07 bits per heavy atom. The largest absolute Gasteiger partial charge is 0.440 e. The van der Waals surface area contributed by atoms with Crippen LogP contribution in [0.1, 0.15) is 28.8 Å². The summed E-state index contributed by atoms with van der Waals surface area (Å²) in [6.45, 7) is 12.5. The van der Waals surface area contributed by atoms with Crippen molar-refractivity contribution >= 4 is 17.0 Å². The van der Waals surface area contributed by atoms with Crippen molar-refractivity contribution in [2.45, 2.75) is 40.3 Å². The molecule has 3 heterocycles. The Hall–Kier alpha value is -2.11. The highest BCUT2D eigenvalue weighted by Gasteiger charge is 2.25. The Balaban J connectivity index is 1.43. The van der Waals surface area contributed by atoms with Crippen molar-refractivity contribution < 1.29 is 4.42 Å². The highest BCUT2D eigenvalue weighted by molar-refractivity contribution is 7.15. The second kappa shape index (κ2) is 7.49. The number of nitrogens with zero attached hydrogens (tertiary/aromatic N) is 3. The van der Waals surface area contributed by atoms with Gasteiger partial charge in [0.15, 0.2) is 0 Å². The van der Waals surface area contributed by atoms with Crippen LogP contribution in [0.2, 0.25) is 0 Å². The third-order valence-electron chi connectivity index (χ3n) is 5.36. The highest BCUT2D eigenvalue weighted by Crippen LogP contribution is 2.29. The Labute approximate surface area is 165 Å². The molecular formula is C22H27N3OS. The van der Waals surface area contributed by atoms with E-state index in [1.807, 2.05) is 6.92 Å². The van der Waals surface area contributed by atoms with Crippen LogP contribution in [0.15, 0.2) is 40.8 Å². The molecule has 1 saturated heterocycles. The molecule has 1 aromatic carbocycles. The molecule has 1 aliphatic rings. The Morgan fingerprint density at radius 2 is 1.85 bits per heavy atom. The molecule has 0 bridgehead atoms. The molecule has 1 unspecified atom stereocenters. The van der Waals surface area contributed by atoms with E-state index in [-0.39, 0.29) is 0 Å². The van der Waals surface area contributed by atoms with E-state index < -0.39 is 0 Å². The SMILES string of the molecule is Cc1ccc(N2CCN(Cc3nc(-c4ccc(C)s4)oc3C)C(C)C2)cc1. The lowest BCUT2D eigenvalue weighted by molar-refractivity contribution is 0.178. The normalized spacial score (nSPS) is 18.2. The Kier molecular flexibility index (Phi) is 5.06. The maximum Gasteiger partial charge on any atom is 0.236 e. The number of benzene rings is 1. The van der Waals surface area contributed by atoms with Crippen LogP contribution >= 0.6 is 11.3 Å². The van der Waals surface area contributed by atoms with E-state index in [9.17, 15) is 0 Å². The lowest BCUT2D eigenvalue weighted by atomic mass is 10.1. The first-order valence-corrected chi connectivity index (χ1v) is 10.4. The van der Waals surface area contributed by atoms with Gasteiger partial charge in [-0.3, -0.25) is 4.90 Å². The third-order valence-corrected chi connectivity index (χ3v) is 6.35. The van der Waals surface area contributed by atoms with Crippen molar-refractivity contribution in [3.63, 3.8) is 0 Å². The minimum atomic E-state index is 0.476. The first-order chi connectivity index (χ1) is 13.0. The van der Waals surface area contributed by atoms with Gasteiger partial charge >= 0.3 is 0 Å². The van der Waals surface area contributed by atoms with Gasteiger partial charge in [-0.05, 0) is 52.0 Å². The van der Waals surface area contributed by atoms with Crippen LogP contribution < -0.4 is 4.90 Å². The molecule has 0 aliphatic carbocycles. The van der Waals surface area contributed by atoms with Gasteiger partial charge in [-0.2, -0.15) is 0 Å². The van der Waals surface area contributed by atoms with Crippen molar-refractivity contribution in [3.8, 4) is 10.8 Å². The second-order valence-electron chi connectivity index (χ2n) is 7.53. The monoisotopic (exact) mass is 381 g/mol. The molecule has 5 heteroatoms. The number of rotatable bonds is 4. The fourth-order valence-electron chi connectivity index (χ4n) is 3.64. The minimum Gasteiger partial charge on any atom is -0.440 e. The molecule has 0 radical (unpaired) electrons. The summed E-state index contributed by atoms with van der Waals surface area (Å²) in [5.74, 6) is 1.69. The van der Waals surface area contributed by atoms with Crippen LogP contribution in [-0.2, 0) is 6.54 Å². The highest BCUT2D eigenvalue weighted by atomic mass is 32.1. The molecule has 142 valence electrons. The fraction of sp³-hybridized carbons (Fsp3) is 0.409. The first kappa shape index (κ1) is 18.3. The Morgan fingerprint density at radius 3 is 2.52 bits per heavy atom. The van der Waals surface area contributed by atoms with Gasteiger partial charge in [0.1, 0.15) is 5.76 Å². The number of aryl methyl sites for hydroxylation is 3. The number of hydrogen-bond donors (Lipinski definition) is 0. The fourth-order valence-corrected chi connectivity index (χ4v) is 4.44. The predicted octanol–water partition coefficient (Wildman–Crippen LogP) is 5.04. The molecule has 3 aromatic rings. The molecule has 0 saturated carbocycles. The molecule has 1 aliphatic heterocycles. The zero-order valence-electron chi connectivity index (χ0n) is 16.5. The summed E-state index contributed by atoms with van der Waals surface area (Å²) in [6, 6.07) is 13.5. The lowest BCUT2D eigenvalue weighted by Gasteiger charge is -2.40. The number of anilines is 1. The topological polar surface area (TPSA) is 32.5 Å². The van der Waals surface area contributed by atoms with Crippen LogP contribution in [0, 0.1) is 20.8 Å². The van der Waals surface area contributed by atoms with Gasteiger partial charge in [0.2, 0.25) is 5.89 Å². The number of thiophene rings is 1. The molecule has 4 nitrogen and oxygen atoms in total. The minimum absolute atomic E-state index is 0.476. The first-order valence-electron chi connectivity index (χ1n) is 9.58. The number of piperazine rings is 1. The third kappa shape index (κ3) is 3.94. The number of hydrogen-bond acceptors (Lipinski definition) is 5. The molecule has 27 heavy (non-hydrogen) atoms. The quantitative estimate of drug-likeness (QED) is 0.634. The van der Waals surface area contributed by atoms with Gasteiger partial charge in [-0.25, -0.2) is 4.98 Å². The maximum atomic E-state index is 5.95. The molecule has 0 N–H and O–H groups in total. The second-order valence-corrected chi connectivity index (χ2v) is 8.82. The van der Waals surface area contributed by atoms with E-state index in [0.29, 0.717) is 6.04 Å². The van der Waals surface area contributed by atoms with Crippen LogP contribution in [0.25, 0.3) is 10.8 Å². The van der Waals surface area contributed by atoms with E-state index in [4.69, 9.17) is 9.40 Å². The summed E-state index contributed by atoms with van der Waals surface area (Å²) in [4.78, 5) is 12.2. The van der Waals surface area contributed by atoms with Crippen molar-refractivity contribution in [2.24, 2.45) is 0 Å².